The zero-order chi connectivity index (χ0) is 21.7. The Morgan fingerprint density at radius 2 is 1.81 bits per heavy atom. The van der Waals surface area contributed by atoms with E-state index in [9.17, 15) is 9.59 Å². The van der Waals surface area contributed by atoms with Crippen molar-refractivity contribution in [1.82, 2.24) is 15.2 Å². The molecule has 7 rings (SSSR count). The Balaban J connectivity index is 1.05. The Labute approximate surface area is 194 Å². The highest BCUT2D eigenvalue weighted by molar-refractivity contribution is 7.18. The third-order valence-electron chi connectivity index (χ3n) is 8.51. The monoisotopic (exact) mass is 451 g/mol. The second kappa shape index (κ2) is 8.12. The maximum atomic E-state index is 13.8. The second-order valence-electron chi connectivity index (χ2n) is 10.8. The quantitative estimate of drug-likeness (QED) is 0.655. The van der Waals surface area contributed by atoms with Gasteiger partial charge in [-0.2, -0.15) is 0 Å². The highest BCUT2D eigenvalue weighted by Crippen LogP contribution is 2.60. The summed E-state index contributed by atoms with van der Waals surface area (Å²) in [4.78, 5) is 33.4. The van der Waals surface area contributed by atoms with Gasteiger partial charge >= 0.3 is 0 Å². The van der Waals surface area contributed by atoms with Gasteiger partial charge in [0, 0.05) is 19.5 Å². The molecule has 4 aliphatic carbocycles. The average Bonchev–Trinajstić information content (AvgIpc) is 3.42. The van der Waals surface area contributed by atoms with E-state index in [-0.39, 0.29) is 17.4 Å². The molecule has 5 aliphatic rings. The third-order valence-corrected chi connectivity index (χ3v) is 9.61. The Kier molecular flexibility index (Phi) is 5.24. The summed E-state index contributed by atoms with van der Waals surface area (Å²) in [6.45, 7) is 1.40. The number of amides is 2. The van der Waals surface area contributed by atoms with E-state index in [0.29, 0.717) is 12.5 Å². The first-order valence-electron chi connectivity index (χ1n) is 12.5. The molecule has 1 aliphatic heterocycles. The van der Waals surface area contributed by atoms with Crippen molar-refractivity contribution in [3.05, 3.63) is 29.3 Å². The van der Waals surface area contributed by atoms with E-state index in [4.69, 9.17) is 0 Å². The molecule has 1 aromatic carbocycles. The Morgan fingerprint density at radius 1 is 1.09 bits per heavy atom. The summed E-state index contributed by atoms with van der Waals surface area (Å²) in [5.74, 6) is 2.61. The van der Waals surface area contributed by atoms with E-state index in [1.54, 1.807) is 11.3 Å². The van der Waals surface area contributed by atoms with Crippen LogP contribution in [0.1, 0.15) is 62.8 Å². The molecule has 1 N–H and O–H groups in total. The summed E-state index contributed by atoms with van der Waals surface area (Å²) in [6, 6.07) is 7.95. The molecule has 1 atom stereocenters. The van der Waals surface area contributed by atoms with Crippen LogP contribution >= 0.6 is 11.3 Å². The predicted molar refractivity (Wildman–Crippen MR) is 126 cm³/mol. The zero-order valence-electron chi connectivity index (χ0n) is 18.7. The summed E-state index contributed by atoms with van der Waals surface area (Å²) < 4.78 is 1.22. The van der Waals surface area contributed by atoms with Crippen LogP contribution in [0, 0.1) is 23.2 Å². The lowest BCUT2D eigenvalue weighted by molar-refractivity contribution is -0.160. The molecule has 1 unspecified atom stereocenters. The van der Waals surface area contributed by atoms with E-state index in [2.05, 4.69) is 16.4 Å². The zero-order valence-corrected chi connectivity index (χ0v) is 19.5. The van der Waals surface area contributed by atoms with Gasteiger partial charge in [0.15, 0.2) is 0 Å². The number of carbonyl (C=O) groups is 2. The maximum Gasteiger partial charge on any atom is 0.242 e. The summed E-state index contributed by atoms with van der Waals surface area (Å²) >= 11 is 1.74. The van der Waals surface area contributed by atoms with Crippen molar-refractivity contribution in [3.63, 3.8) is 0 Å². The normalized spacial score (nSPS) is 33.2. The molecular formula is C26H33N3O2S. The number of hydrogen-bond acceptors (Lipinski definition) is 4. The fraction of sp³-hybridized carbons (Fsp3) is 0.654. The van der Waals surface area contributed by atoms with E-state index in [1.165, 1.54) is 24.0 Å². The Morgan fingerprint density at radius 3 is 2.53 bits per heavy atom. The first kappa shape index (κ1) is 20.6. The molecule has 0 radical (unpaired) electrons. The van der Waals surface area contributed by atoms with Gasteiger partial charge in [-0.1, -0.05) is 12.1 Å². The smallest absolute Gasteiger partial charge is 0.242 e. The molecule has 5 fully saturated rings. The fourth-order valence-electron chi connectivity index (χ4n) is 7.56. The average molecular weight is 452 g/mol. The lowest BCUT2D eigenvalue weighted by Gasteiger charge is -2.56. The lowest BCUT2D eigenvalue weighted by atomic mass is 9.49. The molecule has 2 heterocycles. The Hall–Kier alpha value is -1.95. The molecule has 0 spiro atoms. The molecule has 2 aromatic rings. The Bertz CT molecular complexity index is 963. The number of carbonyl (C=O) groups excluding carboxylic acids is 2. The summed E-state index contributed by atoms with van der Waals surface area (Å²) in [7, 11) is 0. The van der Waals surface area contributed by atoms with Crippen molar-refractivity contribution in [3.8, 4) is 0 Å². The molecule has 1 saturated heterocycles. The van der Waals surface area contributed by atoms with Crippen LogP contribution < -0.4 is 5.32 Å². The van der Waals surface area contributed by atoms with Gasteiger partial charge in [-0.3, -0.25) is 9.59 Å². The standard InChI is InChI=1S/C26H33N3O2S/c30-24(27-9-3-8-23-28-20-5-1-2-7-22(20)32-23)21-6-4-10-29(21)25(31)26-14-17-11-18(15-26)13-19(12-17)16-26/h1-2,5,7,17-19,21H,3-4,6,8-16H2,(H,27,30). The van der Waals surface area contributed by atoms with Gasteiger partial charge in [-0.25, -0.2) is 4.98 Å². The van der Waals surface area contributed by atoms with Crippen molar-refractivity contribution in [2.24, 2.45) is 23.2 Å². The molecular weight excluding hydrogens is 418 g/mol. The number of rotatable bonds is 6. The second-order valence-corrected chi connectivity index (χ2v) is 11.9. The minimum Gasteiger partial charge on any atom is -0.354 e. The van der Waals surface area contributed by atoms with Crippen LogP contribution in [-0.2, 0) is 16.0 Å². The van der Waals surface area contributed by atoms with E-state index >= 15 is 0 Å². The number of benzene rings is 1. The highest BCUT2D eigenvalue weighted by atomic mass is 32.1. The van der Waals surface area contributed by atoms with Crippen LogP contribution in [0.4, 0.5) is 0 Å². The van der Waals surface area contributed by atoms with Crippen molar-refractivity contribution in [2.45, 2.75) is 70.3 Å². The number of thiazole rings is 1. The number of likely N-dealkylation sites (tertiary alicyclic amines) is 1. The van der Waals surface area contributed by atoms with Crippen molar-refractivity contribution in [1.29, 1.82) is 0 Å². The van der Waals surface area contributed by atoms with Gasteiger partial charge < -0.3 is 10.2 Å². The van der Waals surface area contributed by atoms with Crippen LogP contribution in [0.5, 0.6) is 0 Å². The number of nitrogens with one attached hydrogen (secondary N) is 1. The van der Waals surface area contributed by atoms with Crippen molar-refractivity contribution >= 4 is 33.4 Å². The van der Waals surface area contributed by atoms with Crippen molar-refractivity contribution in [2.75, 3.05) is 13.1 Å². The topological polar surface area (TPSA) is 62.3 Å². The highest BCUT2D eigenvalue weighted by Gasteiger charge is 2.56. The van der Waals surface area contributed by atoms with Gasteiger partial charge in [0.05, 0.1) is 20.6 Å². The number of nitrogens with zero attached hydrogens (tertiary/aromatic N) is 2. The van der Waals surface area contributed by atoms with Gasteiger partial charge in [0.1, 0.15) is 6.04 Å². The van der Waals surface area contributed by atoms with E-state index in [0.717, 1.165) is 79.8 Å². The van der Waals surface area contributed by atoms with Crippen LogP contribution in [-0.4, -0.2) is 40.8 Å². The third kappa shape index (κ3) is 3.64. The first-order chi connectivity index (χ1) is 15.6. The number of aromatic nitrogens is 1. The van der Waals surface area contributed by atoms with Gasteiger partial charge in [0.2, 0.25) is 11.8 Å². The number of para-hydroxylation sites is 1. The predicted octanol–water partition coefficient (Wildman–Crippen LogP) is 4.55. The van der Waals surface area contributed by atoms with Gasteiger partial charge in [-0.15, -0.1) is 11.3 Å². The van der Waals surface area contributed by atoms with Gasteiger partial charge in [0.25, 0.3) is 0 Å². The van der Waals surface area contributed by atoms with Crippen LogP contribution in [0.2, 0.25) is 0 Å². The molecule has 6 heteroatoms. The SMILES string of the molecule is O=C(NCCCc1nc2ccccc2s1)C1CCCN1C(=O)C12CC3CC(CC(C3)C1)C2. The fourth-order valence-corrected chi connectivity index (χ4v) is 8.56. The summed E-state index contributed by atoms with van der Waals surface area (Å²) in [5.41, 5.74) is 0.908. The molecule has 5 nitrogen and oxygen atoms in total. The number of hydrogen-bond donors (Lipinski definition) is 1. The lowest BCUT2D eigenvalue weighted by Crippen LogP contribution is -2.57. The first-order valence-corrected chi connectivity index (χ1v) is 13.3. The number of fused-ring (bicyclic) bond motifs is 1. The minimum absolute atomic E-state index is 0.0462. The minimum atomic E-state index is -0.266. The molecule has 170 valence electrons. The van der Waals surface area contributed by atoms with E-state index in [1.807, 2.05) is 23.1 Å². The van der Waals surface area contributed by atoms with Crippen LogP contribution in [0.15, 0.2) is 24.3 Å². The molecule has 2 amide bonds. The van der Waals surface area contributed by atoms with Crippen LogP contribution in [0.3, 0.4) is 0 Å². The molecule has 1 aromatic heterocycles. The summed E-state index contributed by atoms with van der Waals surface area (Å²) in [6.07, 6.45) is 10.7. The summed E-state index contributed by atoms with van der Waals surface area (Å²) in [5, 5.41) is 4.26. The van der Waals surface area contributed by atoms with E-state index < -0.39 is 0 Å². The molecule has 4 saturated carbocycles. The largest absolute Gasteiger partial charge is 0.354 e. The molecule has 4 bridgehead atoms. The van der Waals surface area contributed by atoms with Crippen molar-refractivity contribution < 1.29 is 9.59 Å². The maximum absolute atomic E-state index is 13.8. The van der Waals surface area contributed by atoms with Crippen LogP contribution in [0.25, 0.3) is 10.2 Å². The van der Waals surface area contributed by atoms with Gasteiger partial charge in [-0.05, 0) is 87.7 Å². The number of aryl methyl sites for hydroxylation is 1. The molecule has 32 heavy (non-hydrogen) atoms.